The number of benzene rings is 1. The standard InChI is InChI=1S/C17H23F2N3O4/c1-24-8-2-6-22-7-5-12(11-22)10-20-16(23)21-13-3-4-14-15(9-13)26-17(18,19)25-14/h3-4,9,12H,2,5-8,10-11H2,1H3,(H2,20,21,23)/t12-/m1/s1. The lowest BCUT2D eigenvalue weighted by Crippen LogP contribution is -2.34. The zero-order valence-corrected chi connectivity index (χ0v) is 14.6. The van der Waals surface area contributed by atoms with Crippen molar-refractivity contribution < 1.29 is 27.8 Å². The summed E-state index contributed by atoms with van der Waals surface area (Å²) in [7, 11) is 1.70. The van der Waals surface area contributed by atoms with E-state index in [1.54, 1.807) is 7.11 Å². The van der Waals surface area contributed by atoms with Crippen LogP contribution >= 0.6 is 0 Å². The summed E-state index contributed by atoms with van der Waals surface area (Å²) in [6.45, 7) is 4.29. The molecule has 144 valence electrons. The molecule has 0 aliphatic carbocycles. The predicted octanol–water partition coefficient (Wildman–Crippen LogP) is 2.49. The SMILES string of the molecule is COCCCN1CC[C@H](CNC(=O)Nc2ccc3c(c2)OC(F)(F)O3)C1. The average Bonchev–Trinajstić information content (AvgIpc) is 3.15. The molecule has 2 heterocycles. The molecule has 0 spiro atoms. The maximum Gasteiger partial charge on any atom is 0.586 e. The van der Waals surface area contributed by atoms with Crippen LogP contribution in [0.2, 0.25) is 0 Å². The second-order valence-electron chi connectivity index (χ2n) is 6.47. The number of halogens is 2. The van der Waals surface area contributed by atoms with Gasteiger partial charge in [-0.1, -0.05) is 0 Å². The number of hydrogen-bond donors (Lipinski definition) is 2. The lowest BCUT2D eigenvalue weighted by molar-refractivity contribution is -0.286. The predicted molar refractivity (Wildman–Crippen MR) is 90.7 cm³/mol. The summed E-state index contributed by atoms with van der Waals surface area (Å²) in [5, 5.41) is 5.44. The Balaban J connectivity index is 1.40. The molecule has 0 saturated carbocycles. The van der Waals surface area contributed by atoms with Gasteiger partial charge in [-0.3, -0.25) is 0 Å². The van der Waals surface area contributed by atoms with Crippen molar-refractivity contribution in [2.24, 2.45) is 5.92 Å². The van der Waals surface area contributed by atoms with E-state index in [9.17, 15) is 13.6 Å². The number of carbonyl (C=O) groups excluding carboxylic acids is 1. The number of anilines is 1. The van der Waals surface area contributed by atoms with Crippen LogP contribution in [0.1, 0.15) is 12.8 Å². The molecule has 1 atom stereocenters. The van der Waals surface area contributed by atoms with E-state index in [1.807, 2.05) is 0 Å². The first kappa shape index (κ1) is 18.7. The van der Waals surface area contributed by atoms with Crippen molar-refractivity contribution in [1.82, 2.24) is 10.2 Å². The van der Waals surface area contributed by atoms with Crippen LogP contribution in [0.15, 0.2) is 18.2 Å². The van der Waals surface area contributed by atoms with Crippen molar-refractivity contribution in [1.29, 1.82) is 0 Å². The third kappa shape index (κ3) is 4.95. The van der Waals surface area contributed by atoms with Gasteiger partial charge in [-0.2, -0.15) is 0 Å². The number of fused-ring (bicyclic) bond motifs is 1. The zero-order valence-electron chi connectivity index (χ0n) is 14.6. The molecule has 1 fully saturated rings. The highest BCUT2D eigenvalue weighted by molar-refractivity contribution is 5.89. The minimum Gasteiger partial charge on any atom is -0.395 e. The third-order valence-electron chi connectivity index (χ3n) is 4.40. The highest BCUT2D eigenvalue weighted by atomic mass is 19.3. The Morgan fingerprint density at radius 1 is 1.38 bits per heavy atom. The van der Waals surface area contributed by atoms with Crippen LogP contribution in [0.4, 0.5) is 19.3 Å². The largest absolute Gasteiger partial charge is 0.586 e. The van der Waals surface area contributed by atoms with Gasteiger partial charge in [0.15, 0.2) is 11.5 Å². The van der Waals surface area contributed by atoms with E-state index in [1.165, 1.54) is 18.2 Å². The number of amides is 2. The molecule has 7 nitrogen and oxygen atoms in total. The molecule has 26 heavy (non-hydrogen) atoms. The summed E-state index contributed by atoms with van der Waals surface area (Å²) in [4.78, 5) is 14.4. The fourth-order valence-electron chi connectivity index (χ4n) is 3.15. The van der Waals surface area contributed by atoms with E-state index in [0.29, 0.717) is 18.2 Å². The maximum atomic E-state index is 13.0. The van der Waals surface area contributed by atoms with Crippen molar-refractivity contribution >= 4 is 11.7 Å². The van der Waals surface area contributed by atoms with Gasteiger partial charge in [-0.15, -0.1) is 8.78 Å². The second-order valence-corrected chi connectivity index (χ2v) is 6.47. The normalized spacial score (nSPS) is 21.0. The Hall–Kier alpha value is -2.13. The van der Waals surface area contributed by atoms with Crippen LogP contribution in [0.25, 0.3) is 0 Å². The summed E-state index contributed by atoms with van der Waals surface area (Å²) in [6, 6.07) is 3.74. The van der Waals surface area contributed by atoms with Crippen molar-refractivity contribution in [3.63, 3.8) is 0 Å². The van der Waals surface area contributed by atoms with Gasteiger partial charge >= 0.3 is 12.3 Å². The van der Waals surface area contributed by atoms with Crippen LogP contribution < -0.4 is 20.1 Å². The van der Waals surface area contributed by atoms with E-state index in [4.69, 9.17) is 4.74 Å². The molecule has 1 aromatic carbocycles. The number of nitrogens with one attached hydrogen (secondary N) is 2. The van der Waals surface area contributed by atoms with Gasteiger partial charge in [0.25, 0.3) is 0 Å². The number of ether oxygens (including phenoxy) is 3. The molecule has 9 heteroatoms. The van der Waals surface area contributed by atoms with E-state index < -0.39 is 6.29 Å². The third-order valence-corrected chi connectivity index (χ3v) is 4.40. The smallest absolute Gasteiger partial charge is 0.395 e. The Morgan fingerprint density at radius 3 is 3.00 bits per heavy atom. The molecule has 2 aliphatic rings. The zero-order chi connectivity index (χ0) is 18.6. The number of likely N-dealkylation sites (tertiary alicyclic amines) is 1. The number of carbonyl (C=O) groups is 1. The molecule has 0 bridgehead atoms. The summed E-state index contributed by atoms with van der Waals surface area (Å²) in [6.07, 6.45) is -1.63. The summed E-state index contributed by atoms with van der Waals surface area (Å²) < 4.78 is 39.7. The van der Waals surface area contributed by atoms with Crippen molar-refractivity contribution in [3.8, 4) is 11.5 Å². The highest BCUT2D eigenvalue weighted by Crippen LogP contribution is 2.42. The highest BCUT2D eigenvalue weighted by Gasteiger charge is 2.43. The topological polar surface area (TPSA) is 72.1 Å². The van der Waals surface area contributed by atoms with Gasteiger partial charge in [0.1, 0.15) is 0 Å². The first-order chi connectivity index (χ1) is 12.4. The average molecular weight is 371 g/mol. The fourth-order valence-corrected chi connectivity index (χ4v) is 3.15. The van der Waals surface area contributed by atoms with Crippen LogP contribution in [-0.2, 0) is 4.74 Å². The number of nitrogens with zero attached hydrogens (tertiary/aromatic N) is 1. The molecule has 2 aliphatic heterocycles. The molecule has 2 amide bonds. The summed E-state index contributed by atoms with van der Waals surface area (Å²) >= 11 is 0. The minimum absolute atomic E-state index is 0.0551. The molecular weight excluding hydrogens is 348 g/mol. The molecular formula is C17H23F2N3O4. The maximum absolute atomic E-state index is 13.0. The quantitative estimate of drug-likeness (QED) is 0.721. The van der Waals surface area contributed by atoms with Crippen molar-refractivity contribution in [3.05, 3.63) is 18.2 Å². The number of methoxy groups -OCH3 is 1. The Bertz CT molecular complexity index is 644. The van der Waals surface area contributed by atoms with Crippen LogP contribution in [0.3, 0.4) is 0 Å². The van der Waals surface area contributed by atoms with E-state index in [-0.39, 0.29) is 17.5 Å². The first-order valence-corrected chi connectivity index (χ1v) is 8.61. The summed E-state index contributed by atoms with van der Waals surface area (Å²) in [5.41, 5.74) is 0.357. The van der Waals surface area contributed by atoms with Crippen molar-refractivity contribution in [2.45, 2.75) is 19.1 Å². The molecule has 0 radical (unpaired) electrons. The Labute approximate surface area is 150 Å². The number of alkyl halides is 2. The lowest BCUT2D eigenvalue weighted by Gasteiger charge is -2.16. The molecule has 0 unspecified atom stereocenters. The minimum atomic E-state index is -3.67. The van der Waals surface area contributed by atoms with Crippen LogP contribution in [0.5, 0.6) is 11.5 Å². The fraction of sp³-hybridized carbons (Fsp3) is 0.588. The van der Waals surface area contributed by atoms with Gasteiger partial charge in [0.05, 0.1) is 0 Å². The lowest BCUT2D eigenvalue weighted by atomic mass is 10.1. The Kier molecular flexibility index (Phi) is 5.77. The molecule has 3 rings (SSSR count). The molecule has 1 aromatic rings. The van der Waals surface area contributed by atoms with E-state index >= 15 is 0 Å². The van der Waals surface area contributed by atoms with Crippen LogP contribution in [0, 0.1) is 5.92 Å². The van der Waals surface area contributed by atoms with Gasteiger partial charge in [-0.05, 0) is 37.4 Å². The monoisotopic (exact) mass is 371 g/mol. The van der Waals surface area contributed by atoms with Gasteiger partial charge in [0, 0.05) is 45.1 Å². The Morgan fingerprint density at radius 2 is 2.19 bits per heavy atom. The van der Waals surface area contributed by atoms with Gasteiger partial charge in [-0.25, -0.2) is 4.79 Å². The molecule has 1 saturated heterocycles. The number of urea groups is 1. The molecule has 2 N–H and O–H groups in total. The number of hydrogen-bond acceptors (Lipinski definition) is 5. The van der Waals surface area contributed by atoms with Gasteiger partial charge < -0.3 is 29.7 Å². The van der Waals surface area contributed by atoms with Crippen molar-refractivity contribution in [2.75, 3.05) is 45.2 Å². The first-order valence-electron chi connectivity index (χ1n) is 8.61. The van der Waals surface area contributed by atoms with Crippen LogP contribution in [-0.4, -0.2) is 57.1 Å². The van der Waals surface area contributed by atoms with E-state index in [0.717, 1.165) is 39.1 Å². The second kappa shape index (κ2) is 8.05. The van der Waals surface area contributed by atoms with Gasteiger partial charge in [0.2, 0.25) is 0 Å². The molecule has 0 aromatic heterocycles. The van der Waals surface area contributed by atoms with E-state index in [2.05, 4.69) is 25.0 Å². The summed E-state index contributed by atoms with van der Waals surface area (Å²) in [5.74, 6) is 0.245. The number of rotatable bonds is 7.